The van der Waals surface area contributed by atoms with Crippen LogP contribution in [-0.4, -0.2) is 26.0 Å². The first-order valence-electron chi connectivity index (χ1n) is 5.82. The number of carbonyl (C=O) groups is 1. The van der Waals surface area contributed by atoms with Gasteiger partial charge in [0.2, 0.25) is 0 Å². The summed E-state index contributed by atoms with van der Waals surface area (Å²) in [5.41, 5.74) is 1.34. The Labute approximate surface area is 117 Å². The normalized spacial score (nSPS) is 11.2. The van der Waals surface area contributed by atoms with Crippen LogP contribution >= 0.6 is 11.3 Å². The molecule has 102 valence electrons. The van der Waals surface area contributed by atoms with Crippen molar-refractivity contribution in [2.45, 2.75) is 13.8 Å². The number of carboxylic acids is 1. The number of hydrogen-bond donors (Lipinski definition) is 2. The number of rotatable bonds is 2. The lowest BCUT2D eigenvalue weighted by atomic mass is 10.2. The average molecular weight is 291 g/mol. The number of aromatic carboxylic acids is 1. The molecule has 1 aromatic carbocycles. The van der Waals surface area contributed by atoms with Gasteiger partial charge in [-0.05, 0) is 19.9 Å². The van der Waals surface area contributed by atoms with Crippen molar-refractivity contribution in [3.05, 3.63) is 34.2 Å². The number of benzene rings is 1. The molecule has 20 heavy (non-hydrogen) atoms. The largest absolute Gasteiger partial charge is 0.478 e. The molecule has 2 N–H and O–H groups in total. The topological polar surface area (TPSA) is 78.9 Å². The Balaban J connectivity index is 2.20. The van der Waals surface area contributed by atoms with Gasteiger partial charge in [0.1, 0.15) is 5.82 Å². The number of thiazole rings is 1. The average Bonchev–Trinajstić information content (AvgIpc) is 2.90. The van der Waals surface area contributed by atoms with E-state index in [9.17, 15) is 9.18 Å². The van der Waals surface area contributed by atoms with Crippen LogP contribution in [0.1, 0.15) is 21.1 Å². The minimum absolute atomic E-state index is 0.382. The summed E-state index contributed by atoms with van der Waals surface area (Å²) in [5, 5.41) is 9.82. The third kappa shape index (κ3) is 1.96. The van der Waals surface area contributed by atoms with Crippen LogP contribution in [0.5, 0.6) is 0 Å². The lowest BCUT2D eigenvalue weighted by molar-refractivity contribution is 0.0692. The zero-order chi connectivity index (χ0) is 14.4. The summed E-state index contributed by atoms with van der Waals surface area (Å²) in [6, 6.07) is 2.38. The Morgan fingerprint density at radius 3 is 2.70 bits per heavy atom. The highest BCUT2D eigenvalue weighted by molar-refractivity contribution is 7.15. The number of aromatic nitrogens is 3. The molecule has 0 saturated heterocycles. The van der Waals surface area contributed by atoms with Crippen LogP contribution in [0.4, 0.5) is 4.39 Å². The molecule has 0 unspecified atom stereocenters. The number of hydrogen-bond acceptors (Lipinski definition) is 4. The molecule has 0 spiro atoms. The van der Waals surface area contributed by atoms with Gasteiger partial charge in [-0.2, -0.15) is 0 Å². The van der Waals surface area contributed by atoms with Gasteiger partial charge in [-0.15, -0.1) is 11.3 Å². The summed E-state index contributed by atoms with van der Waals surface area (Å²) in [6.45, 7) is 3.77. The van der Waals surface area contributed by atoms with E-state index in [2.05, 4.69) is 15.0 Å². The lowest BCUT2D eigenvalue weighted by Gasteiger charge is -1.95. The second-order valence-electron chi connectivity index (χ2n) is 4.39. The maximum Gasteiger partial charge on any atom is 0.338 e. The van der Waals surface area contributed by atoms with E-state index in [0.717, 1.165) is 21.6 Å². The van der Waals surface area contributed by atoms with E-state index in [1.807, 2.05) is 13.8 Å². The highest BCUT2D eigenvalue weighted by Gasteiger charge is 2.16. The number of nitrogens with one attached hydrogen (secondary N) is 1. The van der Waals surface area contributed by atoms with Gasteiger partial charge in [-0.1, -0.05) is 0 Å². The van der Waals surface area contributed by atoms with Gasteiger partial charge in [0.05, 0.1) is 32.2 Å². The molecular weight excluding hydrogens is 281 g/mol. The van der Waals surface area contributed by atoms with Crippen LogP contribution in [0.2, 0.25) is 0 Å². The zero-order valence-electron chi connectivity index (χ0n) is 10.7. The Hall–Kier alpha value is -2.28. The van der Waals surface area contributed by atoms with E-state index in [4.69, 9.17) is 5.11 Å². The molecule has 0 radical (unpaired) electrons. The first-order chi connectivity index (χ1) is 9.45. The number of aromatic amines is 1. The van der Waals surface area contributed by atoms with Crippen molar-refractivity contribution >= 4 is 28.3 Å². The van der Waals surface area contributed by atoms with E-state index >= 15 is 0 Å². The van der Waals surface area contributed by atoms with Gasteiger partial charge in [0, 0.05) is 6.07 Å². The second kappa shape index (κ2) is 4.38. The first-order valence-corrected chi connectivity index (χ1v) is 6.64. The van der Waals surface area contributed by atoms with Crippen LogP contribution in [0.3, 0.4) is 0 Å². The Bertz CT molecular complexity index is 838. The Morgan fingerprint density at radius 1 is 1.35 bits per heavy atom. The summed E-state index contributed by atoms with van der Waals surface area (Å²) < 4.78 is 13.6. The summed E-state index contributed by atoms with van der Waals surface area (Å²) in [5.74, 6) is -1.51. The molecule has 7 heteroatoms. The van der Waals surface area contributed by atoms with E-state index in [1.54, 1.807) is 0 Å². The summed E-state index contributed by atoms with van der Waals surface area (Å²) in [6.07, 6.45) is 0. The summed E-state index contributed by atoms with van der Waals surface area (Å²) >= 11 is 1.48. The van der Waals surface area contributed by atoms with Crippen molar-refractivity contribution < 1.29 is 14.3 Å². The number of halogens is 1. The fourth-order valence-corrected chi connectivity index (χ4v) is 2.92. The first kappa shape index (κ1) is 12.7. The van der Waals surface area contributed by atoms with Crippen molar-refractivity contribution in [1.82, 2.24) is 15.0 Å². The molecular formula is C13H10FN3O2S. The van der Waals surface area contributed by atoms with Gasteiger partial charge >= 0.3 is 5.97 Å². The van der Waals surface area contributed by atoms with E-state index in [1.165, 1.54) is 17.4 Å². The highest BCUT2D eigenvalue weighted by atomic mass is 32.1. The number of imidazole rings is 1. The summed E-state index contributed by atoms with van der Waals surface area (Å²) in [7, 11) is 0. The Kier molecular flexibility index (Phi) is 2.79. The predicted octanol–water partition coefficient (Wildman–Crippen LogP) is 3.14. The van der Waals surface area contributed by atoms with Gasteiger partial charge in [-0.25, -0.2) is 19.2 Å². The second-order valence-corrected chi connectivity index (χ2v) is 5.59. The van der Waals surface area contributed by atoms with Crippen LogP contribution < -0.4 is 0 Å². The smallest absolute Gasteiger partial charge is 0.338 e. The SMILES string of the molecule is Cc1nc(C)c(-c2nc3cc(C(=O)O)c(F)cc3[nH]2)s1. The Morgan fingerprint density at radius 2 is 2.10 bits per heavy atom. The van der Waals surface area contributed by atoms with Crippen LogP contribution in [0.15, 0.2) is 12.1 Å². The quantitative estimate of drug-likeness (QED) is 0.760. The molecule has 0 saturated carbocycles. The highest BCUT2D eigenvalue weighted by Crippen LogP contribution is 2.29. The molecule has 0 fully saturated rings. The molecule has 5 nitrogen and oxygen atoms in total. The van der Waals surface area contributed by atoms with Gasteiger partial charge in [0.15, 0.2) is 5.82 Å². The molecule has 3 rings (SSSR count). The number of nitrogens with zero attached hydrogens (tertiary/aromatic N) is 2. The molecule has 0 bridgehead atoms. The molecule has 3 aromatic rings. The van der Waals surface area contributed by atoms with Crippen LogP contribution in [0, 0.1) is 19.7 Å². The number of aryl methyl sites for hydroxylation is 2. The minimum atomic E-state index is -1.31. The maximum atomic E-state index is 13.6. The van der Waals surface area contributed by atoms with Crippen LogP contribution in [0.25, 0.3) is 21.7 Å². The molecule has 0 amide bonds. The van der Waals surface area contributed by atoms with E-state index in [-0.39, 0.29) is 5.56 Å². The van der Waals surface area contributed by atoms with Crippen molar-refractivity contribution in [2.75, 3.05) is 0 Å². The molecule has 0 aliphatic carbocycles. The fourth-order valence-electron chi connectivity index (χ4n) is 2.05. The van der Waals surface area contributed by atoms with Gasteiger partial charge < -0.3 is 10.1 Å². The molecule has 0 aliphatic heterocycles. The monoisotopic (exact) mass is 291 g/mol. The predicted molar refractivity (Wildman–Crippen MR) is 73.6 cm³/mol. The number of fused-ring (bicyclic) bond motifs is 1. The standard InChI is InChI=1S/C13H10FN3O2S/c1-5-11(20-6(2)15-5)12-16-9-3-7(13(18)19)8(14)4-10(9)17-12/h3-4H,1-2H3,(H,16,17)(H,18,19). The third-order valence-corrected chi connectivity index (χ3v) is 4.00. The van der Waals surface area contributed by atoms with Crippen molar-refractivity contribution in [3.8, 4) is 10.7 Å². The van der Waals surface area contributed by atoms with Gasteiger partial charge in [-0.3, -0.25) is 0 Å². The third-order valence-electron chi connectivity index (χ3n) is 2.92. The van der Waals surface area contributed by atoms with E-state index in [0.29, 0.717) is 16.9 Å². The van der Waals surface area contributed by atoms with Crippen LogP contribution in [-0.2, 0) is 0 Å². The van der Waals surface area contributed by atoms with Crippen molar-refractivity contribution in [2.24, 2.45) is 0 Å². The molecule has 0 aliphatic rings. The van der Waals surface area contributed by atoms with Crippen molar-refractivity contribution in [3.63, 3.8) is 0 Å². The van der Waals surface area contributed by atoms with E-state index < -0.39 is 11.8 Å². The lowest BCUT2D eigenvalue weighted by Crippen LogP contribution is -1.99. The maximum absolute atomic E-state index is 13.6. The van der Waals surface area contributed by atoms with Crippen molar-refractivity contribution in [1.29, 1.82) is 0 Å². The van der Waals surface area contributed by atoms with Gasteiger partial charge in [0.25, 0.3) is 0 Å². The molecule has 2 heterocycles. The number of carboxylic acid groups (broad SMARTS) is 1. The number of H-pyrrole nitrogens is 1. The zero-order valence-corrected chi connectivity index (χ0v) is 11.5. The fraction of sp³-hybridized carbons (Fsp3) is 0.154. The molecule has 0 atom stereocenters. The minimum Gasteiger partial charge on any atom is -0.478 e. The summed E-state index contributed by atoms with van der Waals surface area (Å²) in [4.78, 5) is 23.4. The molecule has 2 aromatic heterocycles.